The monoisotopic (exact) mass is 181 g/mol. The van der Waals surface area contributed by atoms with Gasteiger partial charge in [0.05, 0.1) is 6.20 Å². The summed E-state index contributed by atoms with van der Waals surface area (Å²) in [6, 6.07) is 0.728. The number of aromatic nitrogens is 2. The molecular formula is C10H19N3. The van der Waals surface area contributed by atoms with E-state index >= 15 is 0 Å². The molecule has 1 aromatic heterocycles. The molecular weight excluding hydrogens is 162 g/mol. The number of hydrogen-bond acceptors (Lipinski definition) is 2. The van der Waals surface area contributed by atoms with Crippen LogP contribution in [0.25, 0.3) is 0 Å². The fourth-order valence-electron chi connectivity index (χ4n) is 1.18. The zero-order chi connectivity index (χ0) is 9.84. The summed E-state index contributed by atoms with van der Waals surface area (Å²) in [5, 5.41) is 4.27. The molecule has 1 atom stereocenters. The second kappa shape index (κ2) is 4.42. The minimum atomic E-state index is 0.280. The molecule has 0 aliphatic heterocycles. The van der Waals surface area contributed by atoms with Crippen LogP contribution in [-0.2, 0) is 6.42 Å². The summed E-state index contributed by atoms with van der Waals surface area (Å²) in [5.41, 5.74) is 6.96. The van der Waals surface area contributed by atoms with Crippen LogP contribution in [0.4, 0.5) is 0 Å². The van der Waals surface area contributed by atoms with Crippen LogP contribution in [0.5, 0.6) is 0 Å². The van der Waals surface area contributed by atoms with E-state index in [4.69, 9.17) is 5.73 Å². The molecule has 0 aromatic carbocycles. The third kappa shape index (κ3) is 3.19. The maximum absolute atomic E-state index is 5.68. The minimum Gasteiger partial charge on any atom is -0.328 e. The zero-order valence-corrected chi connectivity index (χ0v) is 8.70. The first-order valence-electron chi connectivity index (χ1n) is 4.88. The average molecular weight is 181 g/mol. The van der Waals surface area contributed by atoms with Crippen LogP contribution in [0, 0.1) is 0 Å². The van der Waals surface area contributed by atoms with Crippen LogP contribution in [0.15, 0.2) is 12.4 Å². The molecule has 1 heterocycles. The van der Waals surface area contributed by atoms with Crippen LogP contribution >= 0.6 is 0 Å². The molecule has 1 rings (SSSR count). The van der Waals surface area contributed by atoms with Gasteiger partial charge >= 0.3 is 0 Å². The van der Waals surface area contributed by atoms with E-state index in [9.17, 15) is 0 Å². The quantitative estimate of drug-likeness (QED) is 0.769. The highest BCUT2D eigenvalue weighted by Gasteiger charge is 2.02. The molecule has 0 spiro atoms. The van der Waals surface area contributed by atoms with E-state index in [0.717, 1.165) is 12.8 Å². The molecule has 1 aromatic rings. The summed E-state index contributed by atoms with van der Waals surface area (Å²) < 4.78 is 1.98. The SMILES string of the molecule is CC(C)n1cc(CC[C@H](C)N)cn1. The Kier molecular flexibility index (Phi) is 3.48. The van der Waals surface area contributed by atoms with E-state index < -0.39 is 0 Å². The molecule has 3 heteroatoms. The fourth-order valence-corrected chi connectivity index (χ4v) is 1.18. The molecule has 0 unspecified atom stereocenters. The number of hydrogen-bond donors (Lipinski definition) is 1. The van der Waals surface area contributed by atoms with Crippen molar-refractivity contribution < 1.29 is 0 Å². The highest BCUT2D eigenvalue weighted by Crippen LogP contribution is 2.07. The summed E-state index contributed by atoms with van der Waals surface area (Å²) in [5.74, 6) is 0. The lowest BCUT2D eigenvalue weighted by molar-refractivity contribution is 0.531. The van der Waals surface area contributed by atoms with Gasteiger partial charge in [-0.1, -0.05) is 0 Å². The normalized spacial score (nSPS) is 13.6. The topological polar surface area (TPSA) is 43.8 Å². The van der Waals surface area contributed by atoms with Crippen molar-refractivity contribution in [2.75, 3.05) is 0 Å². The van der Waals surface area contributed by atoms with Crippen molar-refractivity contribution in [1.82, 2.24) is 9.78 Å². The average Bonchev–Trinajstić information content (AvgIpc) is 2.48. The van der Waals surface area contributed by atoms with Crippen molar-refractivity contribution in [3.05, 3.63) is 18.0 Å². The van der Waals surface area contributed by atoms with Crippen molar-refractivity contribution in [3.8, 4) is 0 Å². The van der Waals surface area contributed by atoms with Crippen molar-refractivity contribution in [3.63, 3.8) is 0 Å². The van der Waals surface area contributed by atoms with Crippen LogP contribution in [0.2, 0.25) is 0 Å². The summed E-state index contributed by atoms with van der Waals surface area (Å²) in [7, 11) is 0. The highest BCUT2D eigenvalue weighted by molar-refractivity contribution is 5.04. The Morgan fingerprint density at radius 1 is 1.46 bits per heavy atom. The molecule has 0 saturated heterocycles. The van der Waals surface area contributed by atoms with E-state index in [1.54, 1.807) is 0 Å². The van der Waals surface area contributed by atoms with Gasteiger partial charge in [0.1, 0.15) is 0 Å². The predicted molar refractivity (Wildman–Crippen MR) is 54.6 cm³/mol. The third-order valence-corrected chi connectivity index (χ3v) is 2.07. The molecule has 0 aliphatic rings. The molecule has 13 heavy (non-hydrogen) atoms. The van der Waals surface area contributed by atoms with Crippen LogP contribution < -0.4 is 5.73 Å². The van der Waals surface area contributed by atoms with Crippen molar-refractivity contribution in [1.29, 1.82) is 0 Å². The van der Waals surface area contributed by atoms with Crippen LogP contribution in [0.3, 0.4) is 0 Å². The Morgan fingerprint density at radius 3 is 2.62 bits per heavy atom. The molecule has 0 aliphatic carbocycles. The number of aryl methyl sites for hydroxylation is 1. The maximum atomic E-state index is 5.68. The van der Waals surface area contributed by atoms with Crippen molar-refractivity contribution >= 4 is 0 Å². The first kappa shape index (κ1) is 10.3. The molecule has 0 saturated carbocycles. The van der Waals surface area contributed by atoms with E-state index in [1.807, 2.05) is 17.8 Å². The highest BCUT2D eigenvalue weighted by atomic mass is 15.3. The van der Waals surface area contributed by atoms with E-state index in [1.165, 1.54) is 5.56 Å². The first-order chi connectivity index (χ1) is 6.09. The molecule has 0 amide bonds. The molecule has 3 nitrogen and oxygen atoms in total. The maximum Gasteiger partial charge on any atom is 0.0521 e. The lowest BCUT2D eigenvalue weighted by Gasteiger charge is -2.04. The molecule has 0 bridgehead atoms. The Bertz CT molecular complexity index is 250. The minimum absolute atomic E-state index is 0.280. The van der Waals surface area contributed by atoms with E-state index in [-0.39, 0.29) is 6.04 Å². The van der Waals surface area contributed by atoms with Gasteiger partial charge in [-0.15, -0.1) is 0 Å². The molecule has 0 radical (unpaired) electrons. The second-order valence-corrected chi connectivity index (χ2v) is 3.94. The third-order valence-electron chi connectivity index (χ3n) is 2.07. The number of nitrogens with zero attached hydrogens (tertiary/aromatic N) is 2. The van der Waals surface area contributed by atoms with Gasteiger partial charge in [0.15, 0.2) is 0 Å². The molecule has 0 fully saturated rings. The van der Waals surface area contributed by atoms with Gasteiger partial charge in [0.25, 0.3) is 0 Å². The second-order valence-electron chi connectivity index (χ2n) is 3.94. The van der Waals surface area contributed by atoms with Gasteiger partial charge in [-0.2, -0.15) is 5.10 Å². The van der Waals surface area contributed by atoms with Gasteiger partial charge in [-0.05, 0) is 39.2 Å². The summed E-state index contributed by atoms with van der Waals surface area (Å²) in [6.07, 6.45) is 6.10. The largest absolute Gasteiger partial charge is 0.328 e. The lowest BCUT2D eigenvalue weighted by Crippen LogP contribution is -2.15. The predicted octanol–water partition coefficient (Wildman–Crippen LogP) is 1.74. The van der Waals surface area contributed by atoms with Gasteiger partial charge in [0, 0.05) is 18.3 Å². The van der Waals surface area contributed by atoms with Crippen molar-refractivity contribution in [2.45, 2.75) is 45.7 Å². The Morgan fingerprint density at radius 2 is 2.15 bits per heavy atom. The molecule has 2 N–H and O–H groups in total. The molecule has 74 valence electrons. The van der Waals surface area contributed by atoms with Gasteiger partial charge in [0.2, 0.25) is 0 Å². The van der Waals surface area contributed by atoms with E-state index in [0.29, 0.717) is 6.04 Å². The number of nitrogens with two attached hydrogens (primary N) is 1. The van der Waals surface area contributed by atoms with Crippen LogP contribution in [0.1, 0.15) is 38.8 Å². The van der Waals surface area contributed by atoms with Crippen LogP contribution in [-0.4, -0.2) is 15.8 Å². The van der Waals surface area contributed by atoms with Gasteiger partial charge in [-0.25, -0.2) is 0 Å². The summed E-state index contributed by atoms with van der Waals surface area (Å²) in [6.45, 7) is 6.29. The smallest absolute Gasteiger partial charge is 0.0521 e. The Labute approximate surface area is 79.9 Å². The lowest BCUT2D eigenvalue weighted by atomic mass is 10.1. The van der Waals surface area contributed by atoms with Gasteiger partial charge in [-0.3, -0.25) is 4.68 Å². The zero-order valence-electron chi connectivity index (χ0n) is 8.70. The standard InChI is InChI=1S/C10H19N3/c1-8(2)13-7-10(6-12-13)5-4-9(3)11/h6-9H,4-5,11H2,1-3H3/t9-/m0/s1. The Hall–Kier alpha value is -0.830. The van der Waals surface area contributed by atoms with E-state index in [2.05, 4.69) is 25.1 Å². The van der Waals surface area contributed by atoms with Crippen molar-refractivity contribution in [2.24, 2.45) is 5.73 Å². The summed E-state index contributed by atoms with van der Waals surface area (Å²) in [4.78, 5) is 0. The van der Waals surface area contributed by atoms with Gasteiger partial charge < -0.3 is 5.73 Å². The first-order valence-corrected chi connectivity index (χ1v) is 4.88. The summed E-state index contributed by atoms with van der Waals surface area (Å²) >= 11 is 0. The number of rotatable bonds is 4. The Balaban J connectivity index is 2.49. The fraction of sp³-hybridized carbons (Fsp3) is 0.700.